The van der Waals surface area contributed by atoms with E-state index in [1.807, 2.05) is 34.0 Å². The van der Waals surface area contributed by atoms with E-state index in [4.69, 9.17) is 16.2 Å². The fourth-order valence-corrected chi connectivity index (χ4v) is 5.83. The largest absolute Gasteiger partial charge is 0.386 e. The molecular formula is C26H33N9O3. The number of rotatable bonds is 3. The van der Waals surface area contributed by atoms with Crippen LogP contribution in [0.3, 0.4) is 0 Å². The first kappa shape index (κ1) is 24.6. The molecule has 200 valence electrons. The van der Waals surface area contributed by atoms with Crippen LogP contribution in [0.2, 0.25) is 0 Å². The summed E-state index contributed by atoms with van der Waals surface area (Å²) in [6.45, 7) is 7.22. The Hall–Kier alpha value is -3.77. The van der Waals surface area contributed by atoms with E-state index in [0.717, 1.165) is 11.0 Å². The van der Waals surface area contributed by atoms with E-state index >= 15 is 0 Å². The number of hydrogen-bond acceptors (Lipinski definition) is 9. The lowest BCUT2D eigenvalue weighted by atomic mass is 9.77. The van der Waals surface area contributed by atoms with E-state index in [-0.39, 0.29) is 30.3 Å². The van der Waals surface area contributed by atoms with E-state index in [9.17, 15) is 9.90 Å². The number of imidazole rings is 2. The second kappa shape index (κ2) is 8.63. The summed E-state index contributed by atoms with van der Waals surface area (Å²) < 4.78 is 10.2. The van der Waals surface area contributed by atoms with Gasteiger partial charge in [-0.3, -0.25) is 4.79 Å². The van der Waals surface area contributed by atoms with Crippen molar-refractivity contribution in [2.75, 3.05) is 31.2 Å². The molecule has 0 saturated carbocycles. The average molecular weight is 520 g/mol. The molecule has 1 spiro atoms. The molecule has 5 heterocycles. The second-order valence-electron chi connectivity index (χ2n) is 11.1. The smallest absolute Gasteiger partial charge is 0.253 e. The number of anilines is 2. The number of aromatic nitrogens is 6. The third-order valence-corrected chi connectivity index (χ3v) is 8.10. The fraction of sp³-hybridized carbons (Fsp3) is 0.500. The maximum absolute atomic E-state index is 13.4. The summed E-state index contributed by atoms with van der Waals surface area (Å²) in [5.41, 5.74) is 13.6. The van der Waals surface area contributed by atoms with Crippen molar-refractivity contribution in [3.05, 3.63) is 36.4 Å². The van der Waals surface area contributed by atoms with Gasteiger partial charge in [0.1, 0.15) is 11.1 Å². The molecule has 0 unspecified atom stereocenters. The van der Waals surface area contributed by atoms with Gasteiger partial charge >= 0.3 is 0 Å². The number of amides is 1. The molecule has 6 rings (SSSR count). The molecule has 0 aliphatic carbocycles. The molecule has 1 amide bonds. The standard InChI is InChI=1S/C26H33N9O3/c1-15(2)34-13-29-17-10-16(4-5-18(17)34)23(36)33-8-6-26(7-9-33)11-19(25(3,37)12-38-26)35-14-30-20-21(27)31-24(28)32-22(20)35/h4-5,10,13-15,19,37H,6-9,11-12H2,1-3H3,(H4,27,28,31,32)/t19-,25-/m0/s1. The van der Waals surface area contributed by atoms with Crippen LogP contribution in [0.15, 0.2) is 30.9 Å². The Morgan fingerprint density at radius 3 is 2.66 bits per heavy atom. The molecule has 4 aromatic rings. The van der Waals surface area contributed by atoms with Crippen molar-refractivity contribution in [3.63, 3.8) is 0 Å². The lowest BCUT2D eigenvalue weighted by Crippen LogP contribution is -2.57. The zero-order valence-corrected chi connectivity index (χ0v) is 21.8. The number of ether oxygens (including phenoxy) is 1. The topological polar surface area (TPSA) is 163 Å². The van der Waals surface area contributed by atoms with Crippen molar-refractivity contribution in [2.24, 2.45) is 0 Å². The first-order valence-electron chi connectivity index (χ1n) is 12.9. The number of fused-ring (bicyclic) bond motifs is 2. The number of hydrogen-bond donors (Lipinski definition) is 3. The molecule has 12 heteroatoms. The van der Waals surface area contributed by atoms with Gasteiger partial charge in [-0.15, -0.1) is 0 Å². The molecule has 38 heavy (non-hydrogen) atoms. The Kier molecular flexibility index (Phi) is 5.58. The van der Waals surface area contributed by atoms with Crippen LogP contribution in [-0.2, 0) is 4.74 Å². The second-order valence-corrected chi connectivity index (χ2v) is 11.1. The summed E-state index contributed by atoms with van der Waals surface area (Å²) in [7, 11) is 0. The number of nitrogen functional groups attached to an aromatic ring is 2. The quantitative estimate of drug-likeness (QED) is 0.368. The van der Waals surface area contributed by atoms with E-state index < -0.39 is 11.2 Å². The highest BCUT2D eigenvalue weighted by Gasteiger charge is 2.50. The number of aliphatic hydroxyl groups is 1. The first-order valence-corrected chi connectivity index (χ1v) is 12.9. The minimum Gasteiger partial charge on any atom is -0.386 e. The Labute approximate surface area is 219 Å². The third kappa shape index (κ3) is 3.95. The highest BCUT2D eigenvalue weighted by Crippen LogP contribution is 2.45. The summed E-state index contributed by atoms with van der Waals surface area (Å²) in [6, 6.07) is 5.65. The normalized spacial score (nSPS) is 23.6. The lowest BCUT2D eigenvalue weighted by molar-refractivity contribution is -0.198. The Morgan fingerprint density at radius 1 is 1.16 bits per heavy atom. The zero-order chi connectivity index (χ0) is 26.8. The Bertz CT molecular complexity index is 1530. The molecule has 2 saturated heterocycles. The molecule has 2 aliphatic rings. The van der Waals surface area contributed by atoms with Gasteiger partial charge in [0.05, 0.1) is 41.9 Å². The van der Waals surface area contributed by atoms with Gasteiger partial charge in [-0.1, -0.05) is 0 Å². The van der Waals surface area contributed by atoms with Crippen LogP contribution in [0.4, 0.5) is 11.8 Å². The van der Waals surface area contributed by atoms with Crippen LogP contribution in [-0.4, -0.2) is 75.9 Å². The zero-order valence-electron chi connectivity index (χ0n) is 21.8. The van der Waals surface area contributed by atoms with Crippen LogP contribution in [0, 0.1) is 0 Å². The van der Waals surface area contributed by atoms with E-state index in [1.54, 1.807) is 13.3 Å². The molecule has 5 N–H and O–H groups in total. The fourth-order valence-electron chi connectivity index (χ4n) is 5.83. The molecule has 2 atom stereocenters. The number of nitrogens with zero attached hydrogens (tertiary/aromatic N) is 7. The van der Waals surface area contributed by atoms with Crippen LogP contribution >= 0.6 is 0 Å². The number of nitrogens with two attached hydrogens (primary N) is 2. The Morgan fingerprint density at radius 2 is 1.92 bits per heavy atom. The monoisotopic (exact) mass is 519 g/mol. The summed E-state index contributed by atoms with van der Waals surface area (Å²) in [6.07, 6.45) is 5.29. The number of carbonyl (C=O) groups excluding carboxylic acids is 1. The van der Waals surface area contributed by atoms with Gasteiger partial charge < -0.3 is 35.3 Å². The summed E-state index contributed by atoms with van der Waals surface area (Å²) >= 11 is 0. The highest BCUT2D eigenvalue weighted by atomic mass is 16.5. The maximum Gasteiger partial charge on any atom is 0.253 e. The minimum absolute atomic E-state index is 0.0107. The molecule has 12 nitrogen and oxygen atoms in total. The highest BCUT2D eigenvalue weighted by molar-refractivity contribution is 5.97. The van der Waals surface area contributed by atoms with Gasteiger partial charge in [-0.2, -0.15) is 9.97 Å². The van der Waals surface area contributed by atoms with Crippen molar-refractivity contribution >= 4 is 39.9 Å². The SMILES string of the molecule is CC(C)n1cnc2cc(C(=O)N3CCC4(CC3)C[C@H](n3cnc5c(N)nc(N)nc53)[C@@](C)(O)CO4)ccc21. The lowest BCUT2D eigenvalue weighted by Gasteiger charge is -2.51. The third-order valence-electron chi connectivity index (χ3n) is 8.10. The average Bonchev–Trinajstić information content (AvgIpc) is 3.50. The van der Waals surface area contributed by atoms with Crippen LogP contribution < -0.4 is 11.5 Å². The molecule has 2 aliphatic heterocycles. The summed E-state index contributed by atoms with van der Waals surface area (Å²) in [5, 5.41) is 11.3. The summed E-state index contributed by atoms with van der Waals surface area (Å²) in [4.78, 5) is 32.5. The van der Waals surface area contributed by atoms with Gasteiger partial charge in [-0.05, 0) is 51.8 Å². The number of likely N-dealkylation sites (tertiary alicyclic amines) is 1. The maximum atomic E-state index is 13.4. The number of carbonyl (C=O) groups is 1. The minimum atomic E-state index is -1.16. The number of piperidine rings is 1. The van der Waals surface area contributed by atoms with Crippen molar-refractivity contribution in [2.45, 2.75) is 63.3 Å². The van der Waals surface area contributed by atoms with Crippen molar-refractivity contribution < 1.29 is 14.6 Å². The van der Waals surface area contributed by atoms with Crippen molar-refractivity contribution in [1.29, 1.82) is 0 Å². The van der Waals surface area contributed by atoms with Crippen LogP contribution in [0.1, 0.15) is 62.5 Å². The van der Waals surface area contributed by atoms with E-state index in [1.165, 1.54) is 0 Å². The van der Waals surface area contributed by atoms with Crippen LogP contribution in [0.5, 0.6) is 0 Å². The number of benzene rings is 1. The molecule has 1 aromatic carbocycles. The van der Waals surface area contributed by atoms with E-state index in [0.29, 0.717) is 55.1 Å². The molecular weight excluding hydrogens is 486 g/mol. The summed E-state index contributed by atoms with van der Waals surface area (Å²) in [5.74, 6) is 0.247. The molecule has 0 radical (unpaired) electrons. The van der Waals surface area contributed by atoms with Crippen molar-refractivity contribution in [1.82, 2.24) is 34.0 Å². The van der Waals surface area contributed by atoms with Gasteiger partial charge in [0.2, 0.25) is 5.95 Å². The Balaban J connectivity index is 1.21. The van der Waals surface area contributed by atoms with E-state index in [2.05, 4.69) is 38.4 Å². The van der Waals surface area contributed by atoms with Gasteiger partial charge in [0, 0.05) is 31.1 Å². The van der Waals surface area contributed by atoms with Gasteiger partial charge in [-0.25, -0.2) is 9.97 Å². The molecule has 2 fully saturated rings. The molecule has 3 aromatic heterocycles. The molecule has 0 bridgehead atoms. The van der Waals surface area contributed by atoms with Gasteiger partial charge in [0.25, 0.3) is 5.91 Å². The first-order chi connectivity index (χ1) is 18.1. The van der Waals surface area contributed by atoms with Crippen LogP contribution in [0.25, 0.3) is 22.2 Å². The predicted octanol–water partition coefficient (Wildman–Crippen LogP) is 2.31. The van der Waals surface area contributed by atoms with Gasteiger partial charge in [0.15, 0.2) is 11.5 Å². The predicted molar refractivity (Wildman–Crippen MR) is 142 cm³/mol. The van der Waals surface area contributed by atoms with Crippen molar-refractivity contribution in [3.8, 4) is 0 Å².